The molecular weight excluding hydrogens is 476 g/mol. The summed E-state index contributed by atoms with van der Waals surface area (Å²) in [6.45, 7) is 2.22. The first-order valence-corrected chi connectivity index (χ1v) is 12.1. The Morgan fingerprint density at radius 2 is 1.82 bits per heavy atom. The number of aromatic nitrogens is 4. The fourth-order valence-electron chi connectivity index (χ4n) is 3.00. The zero-order valence-corrected chi connectivity index (χ0v) is 19.6. The summed E-state index contributed by atoms with van der Waals surface area (Å²) in [6.07, 6.45) is 5.86. The number of rotatable bonds is 9. The van der Waals surface area contributed by atoms with E-state index in [1.165, 1.54) is 29.9 Å². The number of thiazole rings is 1. The van der Waals surface area contributed by atoms with Gasteiger partial charge in [-0.1, -0.05) is 24.3 Å². The summed E-state index contributed by atoms with van der Waals surface area (Å²) >= 11 is 1.49. The molecule has 10 nitrogen and oxygen atoms in total. The average molecular weight is 497 g/mol. The fourth-order valence-corrected chi connectivity index (χ4v) is 4.23. The predicted molar refractivity (Wildman–Crippen MR) is 126 cm³/mol. The third kappa shape index (κ3) is 6.19. The highest BCUT2D eigenvalue weighted by molar-refractivity contribution is 7.70. The highest BCUT2D eigenvalue weighted by Crippen LogP contribution is 2.23. The second-order valence-corrected chi connectivity index (χ2v) is 9.11. The lowest BCUT2D eigenvalue weighted by Crippen LogP contribution is -2.25. The number of carbonyl (C=O) groups excluding carboxylic acids is 1. The van der Waals surface area contributed by atoms with Crippen LogP contribution in [0.25, 0.3) is 0 Å². The smallest absolute Gasteiger partial charge is 0.271 e. The van der Waals surface area contributed by atoms with Crippen LogP contribution in [-0.2, 0) is 17.4 Å². The molecule has 0 saturated carbocycles. The molecule has 3 heterocycles. The number of amides is 1. The standard InChI is InChI=1S/C22H20N6O4S2/c1-14-23-10-17(33-14)11-27-22(29)19-13-24-18(12-25-19)21(28-34(30)31)15-7-8-20(26-9-15)32-16-5-3-2-4-6-16/h2-10,12-13,21,34H,11H2,1H3,(H,27,29)(H,28,30,31). The number of hydrogen-bond acceptors (Lipinski definition) is 9. The van der Waals surface area contributed by atoms with E-state index in [0.29, 0.717) is 29.4 Å². The van der Waals surface area contributed by atoms with Gasteiger partial charge in [-0.25, -0.2) is 28.1 Å². The first-order chi connectivity index (χ1) is 16.5. The third-order valence-corrected chi connectivity index (χ3v) is 5.97. The predicted octanol–water partition coefficient (Wildman–Crippen LogP) is 2.56. The molecule has 34 heavy (non-hydrogen) atoms. The van der Waals surface area contributed by atoms with E-state index in [-0.39, 0.29) is 5.69 Å². The Labute approximate surface area is 201 Å². The number of ether oxygens (including phenoxy) is 1. The molecule has 0 spiro atoms. The summed E-state index contributed by atoms with van der Waals surface area (Å²) in [5, 5.41) is 3.67. The summed E-state index contributed by atoms with van der Waals surface area (Å²) in [7, 11) is -2.95. The molecule has 4 rings (SSSR count). The maximum atomic E-state index is 12.4. The van der Waals surface area contributed by atoms with Gasteiger partial charge < -0.3 is 10.1 Å². The van der Waals surface area contributed by atoms with Crippen molar-refractivity contribution in [2.75, 3.05) is 0 Å². The molecule has 0 aliphatic rings. The van der Waals surface area contributed by atoms with Crippen LogP contribution in [0.5, 0.6) is 11.6 Å². The number of pyridine rings is 1. The van der Waals surface area contributed by atoms with Crippen molar-refractivity contribution >= 4 is 28.1 Å². The van der Waals surface area contributed by atoms with Gasteiger partial charge in [0.05, 0.1) is 35.7 Å². The molecule has 1 atom stereocenters. The highest BCUT2D eigenvalue weighted by Gasteiger charge is 2.19. The van der Waals surface area contributed by atoms with Crippen molar-refractivity contribution in [2.24, 2.45) is 0 Å². The molecule has 12 heteroatoms. The third-order valence-electron chi connectivity index (χ3n) is 4.59. The zero-order valence-electron chi connectivity index (χ0n) is 17.9. The average Bonchev–Trinajstić information content (AvgIpc) is 3.27. The molecule has 0 fully saturated rings. The van der Waals surface area contributed by atoms with E-state index < -0.39 is 22.8 Å². The number of carbonyl (C=O) groups is 1. The topological polar surface area (TPSA) is 136 Å². The minimum atomic E-state index is -2.95. The quantitative estimate of drug-likeness (QED) is 0.301. The Hall–Kier alpha value is -3.74. The van der Waals surface area contributed by atoms with E-state index in [1.54, 1.807) is 30.5 Å². The molecular formula is C22H20N6O4S2. The molecule has 2 N–H and O–H groups in total. The maximum absolute atomic E-state index is 12.4. The molecule has 3 aromatic heterocycles. The Kier molecular flexibility index (Phi) is 7.52. The molecule has 4 aromatic rings. The van der Waals surface area contributed by atoms with Crippen LogP contribution in [-0.4, -0.2) is 34.3 Å². The molecule has 1 amide bonds. The number of benzene rings is 1. The molecule has 1 aromatic carbocycles. The van der Waals surface area contributed by atoms with E-state index in [2.05, 4.69) is 30.0 Å². The van der Waals surface area contributed by atoms with Gasteiger partial charge in [-0.2, -0.15) is 0 Å². The van der Waals surface area contributed by atoms with Gasteiger partial charge in [0.1, 0.15) is 11.4 Å². The normalized spacial score (nSPS) is 11.8. The summed E-state index contributed by atoms with van der Waals surface area (Å²) in [5.41, 5.74) is 0.957. The summed E-state index contributed by atoms with van der Waals surface area (Å²) in [5.74, 6) is 0.591. The molecule has 0 radical (unpaired) electrons. The highest BCUT2D eigenvalue weighted by atomic mass is 32.2. The number of thiol groups is 1. The Morgan fingerprint density at radius 1 is 1.00 bits per heavy atom. The van der Waals surface area contributed by atoms with Crippen LogP contribution >= 0.6 is 11.3 Å². The van der Waals surface area contributed by atoms with Gasteiger partial charge in [0.2, 0.25) is 16.8 Å². The van der Waals surface area contributed by atoms with Crippen LogP contribution in [0, 0.1) is 6.92 Å². The lowest BCUT2D eigenvalue weighted by atomic mass is 10.1. The minimum Gasteiger partial charge on any atom is -0.439 e. The van der Waals surface area contributed by atoms with E-state index in [0.717, 1.165) is 9.88 Å². The van der Waals surface area contributed by atoms with Crippen molar-refractivity contribution < 1.29 is 17.9 Å². The van der Waals surface area contributed by atoms with Gasteiger partial charge in [-0.05, 0) is 24.6 Å². The minimum absolute atomic E-state index is 0.111. The van der Waals surface area contributed by atoms with Gasteiger partial charge in [-0.15, -0.1) is 11.3 Å². The number of hydrogen-bond donors (Lipinski definition) is 3. The number of aryl methyl sites for hydroxylation is 1. The molecule has 0 saturated heterocycles. The van der Waals surface area contributed by atoms with Crippen molar-refractivity contribution in [1.29, 1.82) is 0 Å². The molecule has 174 valence electrons. The van der Waals surface area contributed by atoms with Gasteiger partial charge in [0.15, 0.2) is 0 Å². The maximum Gasteiger partial charge on any atom is 0.271 e. The van der Waals surface area contributed by atoms with Gasteiger partial charge in [0, 0.05) is 23.3 Å². The Morgan fingerprint density at radius 3 is 2.44 bits per heavy atom. The molecule has 1 unspecified atom stereocenters. The largest absolute Gasteiger partial charge is 0.439 e. The van der Waals surface area contributed by atoms with Crippen molar-refractivity contribution in [3.8, 4) is 11.6 Å². The monoisotopic (exact) mass is 496 g/mol. The van der Waals surface area contributed by atoms with Crippen LogP contribution in [0.2, 0.25) is 0 Å². The first-order valence-electron chi connectivity index (χ1n) is 10.1. The lowest BCUT2D eigenvalue weighted by Gasteiger charge is -2.15. The second-order valence-electron chi connectivity index (χ2n) is 7.02. The first kappa shape index (κ1) is 23.4. The van der Waals surface area contributed by atoms with E-state index in [4.69, 9.17) is 4.74 Å². The van der Waals surface area contributed by atoms with Crippen molar-refractivity contribution in [3.63, 3.8) is 0 Å². The van der Waals surface area contributed by atoms with E-state index in [1.807, 2.05) is 25.1 Å². The van der Waals surface area contributed by atoms with Crippen molar-refractivity contribution in [1.82, 2.24) is 30.0 Å². The number of para-hydroxylation sites is 1. The summed E-state index contributed by atoms with van der Waals surface area (Å²) in [6, 6.07) is 11.6. The van der Waals surface area contributed by atoms with Crippen LogP contribution in [0.4, 0.5) is 0 Å². The van der Waals surface area contributed by atoms with E-state index in [9.17, 15) is 13.2 Å². The SMILES string of the molecule is Cc1ncc(CNC(=O)c2cnc(C(N[SH](=O)=O)c3ccc(Oc4ccccc4)nc3)cn2)s1. The second kappa shape index (κ2) is 10.9. The van der Waals surface area contributed by atoms with Gasteiger partial charge in [0.25, 0.3) is 5.91 Å². The molecule has 0 bridgehead atoms. The van der Waals surface area contributed by atoms with Crippen LogP contribution in [0.15, 0.2) is 67.3 Å². The zero-order chi connectivity index (χ0) is 23.9. The Balaban J connectivity index is 1.47. The summed E-state index contributed by atoms with van der Waals surface area (Å²) in [4.78, 5) is 30.1. The van der Waals surface area contributed by atoms with E-state index >= 15 is 0 Å². The number of nitrogens with one attached hydrogen (secondary N) is 2. The van der Waals surface area contributed by atoms with Crippen LogP contribution in [0.1, 0.15) is 37.7 Å². The van der Waals surface area contributed by atoms with Gasteiger partial charge >= 0.3 is 0 Å². The summed E-state index contributed by atoms with van der Waals surface area (Å²) < 4.78 is 31.0. The lowest BCUT2D eigenvalue weighted by molar-refractivity contribution is 0.0945. The van der Waals surface area contributed by atoms with Crippen molar-refractivity contribution in [2.45, 2.75) is 19.5 Å². The Bertz CT molecular complexity index is 1320. The fraction of sp³-hybridized carbons (Fsp3) is 0.136. The molecule has 0 aliphatic carbocycles. The van der Waals surface area contributed by atoms with Gasteiger partial charge in [-0.3, -0.25) is 9.78 Å². The number of nitrogens with zero attached hydrogens (tertiary/aromatic N) is 4. The van der Waals surface area contributed by atoms with Crippen LogP contribution in [0.3, 0.4) is 0 Å². The van der Waals surface area contributed by atoms with Crippen LogP contribution < -0.4 is 14.8 Å². The molecule has 0 aliphatic heterocycles. The van der Waals surface area contributed by atoms with Crippen molar-refractivity contribution in [3.05, 3.63) is 94.1 Å².